The zero-order valence-electron chi connectivity index (χ0n) is 25.1. The maximum Gasteiger partial charge on any atom is 0.271 e. The first kappa shape index (κ1) is 29.5. The molecule has 2 aromatic heterocycles. The molecule has 0 aliphatic carbocycles. The van der Waals surface area contributed by atoms with E-state index in [2.05, 4.69) is 28.2 Å². The lowest BCUT2D eigenvalue weighted by Gasteiger charge is -2.25. The Hall–Kier alpha value is -5.18. The number of rotatable bonds is 7. The Morgan fingerprint density at radius 2 is 1.78 bits per heavy atom. The lowest BCUT2D eigenvalue weighted by Crippen LogP contribution is -2.40. The van der Waals surface area contributed by atoms with Crippen LogP contribution in [0.5, 0.6) is 5.75 Å². The molecule has 0 bridgehead atoms. The average molecular weight is 645 g/mol. The van der Waals surface area contributed by atoms with Crippen molar-refractivity contribution in [3.05, 3.63) is 162 Å². The van der Waals surface area contributed by atoms with Gasteiger partial charge in [-0.05, 0) is 66.6 Å². The number of nitrogens with one attached hydrogen (secondary N) is 1. The topological polar surface area (TPSA) is 77.6 Å². The standard InChI is InChI=1S/C37H29ClN4O3S/c1-23-33(35(43)40-28-13-4-3-5-14-28)34(25-11-9-15-29(19-25)45-2)42-36(44)32(46-37(42)39-23)20-26-22-41(31-17-7-6-16-30(26)31)21-24-10-8-12-27(38)18-24/h3-20,22,34H,21H2,1-2H3,(H,40,43)/b32-20-/t34-/m0/s1. The molecule has 0 spiro atoms. The van der Waals surface area contributed by atoms with Gasteiger partial charge in [-0.2, -0.15) is 0 Å². The van der Waals surface area contributed by atoms with E-state index in [1.54, 1.807) is 11.7 Å². The highest BCUT2D eigenvalue weighted by molar-refractivity contribution is 7.07. The van der Waals surface area contributed by atoms with Gasteiger partial charge >= 0.3 is 0 Å². The van der Waals surface area contributed by atoms with Gasteiger partial charge < -0.3 is 14.6 Å². The summed E-state index contributed by atoms with van der Waals surface area (Å²) in [5.74, 6) is 0.309. The number of anilines is 1. The highest BCUT2D eigenvalue weighted by Gasteiger charge is 2.33. The Morgan fingerprint density at radius 1 is 1.00 bits per heavy atom. The molecule has 0 unspecified atom stereocenters. The van der Waals surface area contributed by atoms with E-state index in [9.17, 15) is 9.59 Å². The molecule has 7 nitrogen and oxygen atoms in total. The molecule has 9 heteroatoms. The van der Waals surface area contributed by atoms with Gasteiger partial charge in [0.2, 0.25) is 0 Å². The second kappa shape index (κ2) is 12.3. The number of fused-ring (bicyclic) bond motifs is 2. The zero-order chi connectivity index (χ0) is 31.8. The van der Waals surface area contributed by atoms with Gasteiger partial charge in [0.1, 0.15) is 5.75 Å². The van der Waals surface area contributed by atoms with Gasteiger partial charge in [-0.25, -0.2) is 4.99 Å². The van der Waals surface area contributed by atoms with Gasteiger partial charge in [0.05, 0.1) is 29.0 Å². The summed E-state index contributed by atoms with van der Waals surface area (Å²) in [4.78, 5) is 33.5. The van der Waals surface area contributed by atoms with Gasteiger partial charge in [-0.15, -0.1) is 0 Å². The molecule has 228 valence electrons. The number of para-hydroxylation sites is 2. The summed E-state index contributed by atoms with van der Waals surface area (Å²) in [6.45, 7) is 2.44. The molecule has 0 saturated heterocycles. The van der Waals surface area contributed by atoms with E-state index in [0.717, 1.165) is 27.6 Å². The molecule has 1 amide bonds. The number of halogens is 1. The molecule has 0 saturated carbocycles. The van der Waals surface area contributed by atoms with E-state index >= 15 is 0 Å². The van der Waals surface area contributed by atoms with Gasteiger partial charge in [-0.3, -0.25) is 14.2 Å². The van der Waals surface area contributed by atoms with E-state index in [0.29, 0.717) is 43.6 Å². The van der Waals surface area contributed by atoms with Crippen LogP contribution in [0.2, 0.25) is 5.02 Å². The lowest BCUT2D eigenvalue weighted by atomic mass is 9.95. The van der Waals surface area contributed by atoms with Crippen LogP contribution < -0.4 is 24.9 Å². The quantitative estimate of drug-likeness (QED) is 0.214. The second-order valence-corrected chi connectivity index (χ2v) is 12.5. The summed E-state index contributed by atoms with van der Waals surface area (Å²) in [6.07, 6.45) is 3.99. The number of methoxy groups -OCH3 is 1. The summed E-state index contributed by atoms with van der Waals surface area (Å²) in [6, 6.07) is 32.0. The van der Waals surface area contributed by atoms with Gasteiger partial charge in [0, 0.05) is 39.9 Å². The minimum absolute atomic E-state index is 0.222. The summed E-state index contributed by atoms with van der Waals surface area (Å²) in [5.41, 5.74) is 5.17. The highest BCUT2D eigenvalue weighted by Crippen LogP contribution is 2.32. The molecule has 1 atom stereocenters. The monoisotopic (exact) mass is 644 g/mol. The number of hydrogen-bond acceptors (Lipinski definition) is 5. The maximum atomic E-state index is 14.3. The van der Waals surface area contributed by atoms with E-state index < -0.39 is 6.04 Å². The number of allylic oxidation sites excluding steroid dienone is 1. The molecule has 4 aromatic carbocycles. The van der Waals surface area contributed by atoms with Crippen LogP contribution in [-0.2, 0) is 11.3 Å². The Bertz CT molecular complexity index is 2340. The summed E-state index contributed by atoms with van der Waals surface area (Å²) >= 11 is 7.58. The molecule has 7 rings (SSSR count). The van der Waals surface area contributed by atoms with Crippen LogP contribution in [-0.4, -0.2) is 22.2 Å². The number of carbonyl (C=O) groups excluding carboxylic acids is 1. The summed E-state index contributed by atoms with van der Waals surface area (Å²) in [5, 5.41) is 4.71. The fourth-order valence-electron chi connectivity index (χ4n) is 5.95. The number of nitrogens with zero attached hydrogens (tertiary/aromatic N) is 3. The Balaban J connectivity index is 1.37. The molecule has 0 radical (unpaired) electrons. The third-order valence-electron chi connectivity index (χ3n) is 8.06. The van der Waals surface area contributed by atoms with Crippen molar-refractivity contribution in [2.45, 2.75) is 19.5 Å². The van der Waals surface area contributed by atoms with Crippen LogP contribution >= 0.6 is 22.9 Å². The average Bonchev–Trinajstić information content (AvgIpc) is 3.56. The second-order valence-electron chi connectivity index (χ2n) is 11.0. The van der Waals surface area contributed by atoms with Crippen molar-refractivity contribution in [2.24, 2.45) is 4.99 Å². The number of benzene rings is 4. The third-order valence-corrected chi connectivity index (χ3v) is 9.27. The molecule has 0 fully saturated rings. The SMILES string of the molecule is COc1cccc([C@H]2C(C(=O)Nc3ccccc3)=C(C)N=c3s/c(=C\c4cn(Cc5cccc(Cl)c5)c5ccccc45)c(=O)n32)c1. The normalized spacial score (nSPS) is 14.7. The lowest BCUT2D eigenvalue weighted by molar-refractivity contribution is -0.113. The number of thiazole rings is 1. The maximum absolute atomic E-state index is 14.3. The van der Waals surface area contributed by atoms with Crippen molar-refractivity contribution in [2.75, 3.05) is 12.4 Å². The van der Waals surface area contributed by atoms with E-state index in [4.69, 9.17) is 21.3 Å². The van der Waals surface area contributed by atoms with Gasteiger partial charge in [0.25, 0.3) is 11.5 Å². The highest BCUT2D eigenvalue weighted by atomic mass is 35.5. The van der Waals surface area contributed by atoms with Crippen molar-refractivity contribution in [1.29, 1.82) is 0 Å². The predicted molar refractivity (Wildman–Crippen MR) is 184 cm³/mol. The van der Waals surface area contributed by atoms with Crippen molar-refractivity contribution < 1.29 is 9.53 Å². The predicted octanol–water partition coefficient (Wildman–Crippen LogP) is 6.54. The van der Waals surface area contributed by atoms with Crippen molar-refractivity contribution >= 4 is 51.5 Å². The molecular formula is C37H29ClN4O3S. The molecule has 1 N–H and O–H groups in total. The minimum atomic E-state index is -0.707. The number of aromatic nitrogens is 2. The first-order chi connectivity index (χ1) is 22.4. The van der Waals surface area contributed by atoms with Crippen LogP contribution in [0.4, 0.5) is 5.69 Å². The molecular weight excluding hydrogens is 616 g/mol. The molecule has 6 aromatic rings. The number of carbonyl (C=O) groups is 1. The van der Waals surface area contributed by atoms with Crippen LogP contribution in [0, 0.1) is 0 Å². The fraction of sp³-hybridized carbons (Fsp3) is 0.108. The van der Waals surface area contributed by atoms with E-state index in [-0.39, 0.29) is 11.5 Å². The van der Waals surface area contributed by atoms with Gasteiger partial charge in [-0.1, -0.05) is 83.6 Å². The minimum Gasteiger partial charge on any atom is -0.497 e. The van der Waals surface area contributed by atoms with Crippen molar-refractivity contribution in [1.82, 2.24) is 9.13 Å². The summed E-state index contributed by atoms with van der Waals surface area (Å²) in [7, 11) is 1.59. The molecule has 3 heterocycles. The Labute approximate surface area is 274 Å². The molecule has 1 aliphatic heterocycles. The van der Waals surface area contributed by atoms with Crippen molar-refractivity contribution in [3.63, 3.8) is 0 Å². The van der Waals surface area contributed by atoms with Crippen LogP contribution in [0.25, 0.3) is 17.0 Å². The van der Waals surface area contributed by atoms with Crippen molar-refractivity contribution in [3.8, 4) is 5.75 Å². The Kier molecular flexibility index (Phi) is 7.90. The largest absolute Gasteiger partial charge is 0.497 e. The fourth-order valence-corrected chi connectivity index (χ4v) is 7.20. The number of hydrogen-bond donors (Lipinski definition) is 1. The number of ether oxygens (including phenoxy) is 1. The van der Waals surface area contributed by atoms with E-state index in [1.807, 2.05) is 104 Å². The van der Waals surface area contributed by atoms with Gasteiger partial charge in [0.15, 0.2) is 4.80 Å². The molecule has 46 heavy (non-hydrogen) atoms. The van der Waals surface area contributed by atoms with E-state index in [1.165, 1.54) is 11.3 Å². The van der Waals surface area contributed by atoms with Crippen LogP contribution in [0.3, 0.4) is 0 Å². The van der Waals surface area contributed by atoms with Crippen LogP contribution in [0.15, 0.2) is 130 Å². The summed E-state index contributed by atoms with van der Waals surface area (Å²) < 4.78 is 9.84. The first-order valence-electron chi connectivity index (χ1n) is 14.7. The zero-order valence-corrected chi connectivity index (χ0v) is 26.7. The Morgan fingerprint density at radius 3 is 2.59 bits per heavy atom. The number of amides is 1. The first-order valence-corrected chi connectivity index (χ1v) is 15.9. The van der Waals surface area contributed by atoms with Crippen LogP contribution in [0.1, 0.15) is 29.7 Å². The smallest absolute Gasteiger partial charge is 0.271 e. The third kappa shape index (κ3) is 5.57. The molecule has 1 aliphatic rings.